The van der Waals surface area contributed by atoms with Crippen molar-refractivity contribution in [1.29, 1.82) is 0 Å². The summed E-state index contributed by atoms with van der Waals surface area (Å²) >= 11 is 0. The highest BCUT2D eigenvalue weighted by Gasteiger charge is 2.44. The third-order valence-electron chi connectivity index (χ3n) is 5.40. The minimum Gasteiger partial charge on any atom is -0.503 e. The summed E-state index contributed by atoms with van der Waals surface area (Å²) in [5.41, 5.74) is 1.25. The van der Waals surface area contributed by atoms with Gasteiger partial charge in [0.2, 0.25) is 5.78 Å². The van der Waals surface area contributed by atoms with Crippen molar-refractivity contribution in [1.82, 2.24) is 9.80 Å². The Hall–Kier alpha value is -3.58. The second kappa shape index (κ2) is 8.28. The number of amides is 1. The Balaban J connectivity index is 1.80. The lowest BCUT2D eigenvalue weighted by molar-refractivity contribution is -0.129. The molecule has 0 saturated heterocycles. The molecule has 7 heteroatoms. The first-order chi connectivity index (χ1) is 14.9. The number of Topliss-reactive ketones (excluding diaryl/α,β-unsaturated/α-hetero) is 1. The molecule has 160 valence electrons. The van der Waals surface area contributed by atoms with E-state index in [0.29, 0.717) is 30.0 Å². The molecule has 31 heavy (non-hydrogen) atoms. The number of furan rings is 1. The van der Waals surface area contributed by atoms with Gasteiger partial charge in [-0.2, -0.15) is 0 Å². The van der Waals surface area contributed by atoms with Crippen LogP contribution in [-0.4, -0.2) is 60.9 Å². The standard InChI is InChI=1S/C24H24N2O5/c1-25(2)11-12-26-21(16-8-6-9-17(13-16)30-3)20(23(28)24(26)29)22(27)19-14-15-7-4-5-10-18(15)31-19/h4-10,13-14,21,28H,11-12H2,1-3H3/t21-/m0/s1. The lowest BCUT2D eigenvalue weighted by Crippen LogP contribution is -2.36. The SMILES string of the molecule is COc1cccc([C@H]2C(C(=O)c3cc4ccccc4o3)=C(O)C(=O)N2CCN(C)C)c1. The number of aliphatic hydroxyl groups excluding tert-OH is 1. The summed E-state index contributed by atoms with van der Waals surface area (Å²) in [5, 5.41) is 11.5. The molecular formula is C24H24N2O5. The van der Waals surface area contributed by atoms with Gasteiger partial charge in [-0.05, 0) is 43.9 Å². The van der Waals surface area contributed by atoms with Crippen molar-refractivity contribution in [3.8, 4) is 5.75 Å². The Bertz CT molecular complexity index is 1140. The van der Waals surface area contributed by atoms with E-state index in [-0.39, 0.29) is 11.3 Å². The number of carbonyl (C=O) groups excluding carboxylic acids is 2. The van der Waals surface area contributed by atoms with E-state index in [2.05, 4.69) is 0 Å². The van der Waals surface area contributed by atoms with E-state index in [1.165, 1.54) is 4.90 Å². The van der Waals surface area contributed by atoms with Gasteiger partial charge < -0.3 is 24.1 Å². The van der Waals surface area contributed by atoms with Crippen LogP contribution in [0.1, 0.15) is 22.2 Å². The van der Waals surface area contributed by atoms with Crippen molar-refractivity contribution >= 4 is 22.7 Å². The van der Waals surface area contributed by atoms with Crippen LogP contribution in [-0.2, 0) is 4.79 Å². The predicted molar refractivity (Wildman–Crippen MR) is 116 cm³/mol. The Morgan fingerprint density at radius 3 is 2.65 bits per heavy atom. The summed E-state index contributed by atoms with van der Waals surface area (Å²) in [6.45, 7) is 0.917. The third kappa shape index (κ3) is 3.80. The van der Waals surface area contributed by atoms with Crippen LogP contribution in [0, 0.1) is 0 Å². The number of carbonyl (C=O) groups is 2. The van der Waals surface area contributed by atoms with Gasteiger partial charge in [-0.15, -0.1) is 0 Å². The maximum Gasteiger partial charge on any atom is 0.290 e. The van der Waals surface area contributed by atoms with Gasteiger partial charge in [-0.3, -0.25) is 9.59 Å². The average Bonchev–Trinajstić information content (AvgIpc) is 3.31. The molecule has 2 aromatic carbocycles. The Morgan fingerprint density at radius 2 is 1.94 bits per heavy atom. The van der Waals surface area contributed by atoms with E-state index in [4.69, 9.17) is 9.15 Å². The Labute approximate surface area is 180 Å². The van der Waals surface area contributed by atoms with E-state index in [0.717, 1.165) is 5.39 Å². The van der Waals surface area contributed by atoms with Crippen LogP contribution in [0.15, 0.2) is 70.3 Å². The molecule has 0 aliphatic carbocycles. The van der Waals surface area contributed by atoms with E-state index in [1.807, 2.05) is 43.3 Å². The highest BCUT2D eigenvalue weighted by Crippen LogP contribution is 2.40. The van der Waals surface area contributed by atoms with Gasteiger partial charge in [0.05, 0.1) is 18.7 Å². The number of hydrogen-bond acceptors (Lipinski definition) is 6. The van der Waals surface area contributed by atoms with Gasteiger partial charge in [0, 0.05) is 18.5 Å². The Morgan fingerprint density at radius 1 is 1.16 bits per heavy atom. The summed E-state index contributed by atoms with van der Waals surface area (Å²) in [4.78, 5) is 29.9. The first kappa shape index (κ1) is 20.7. The molecule has 1 atom stereocenters. The quantitative estimate of drug-likeness (QED) is 0.589. The summed E-state index contributed by atoms with van der Waals surface area (Å²) in [5.74, 6) is -0.953. The molecule has 4 rings (SSSR count). The Kier molecular flexibility index (Phi) is 5.52. The molecule has 7 nitrogen and oxygen atoms in total. The molecule has 0 saturated carbocycles. The monoisotopic (exact) mass is 420 g/mol. The number of benzene rings is 2. The number of methoxy groups -OCH3 is 1. The highest BCUT2D eigenvalue weighted by atomic mass is 16.5. The van der Waals surface area contributed by atoms with E-state index >= 15 is 0 Å². The zero-order valence-corrected chi connectivity index (χ0v) is 17.7. The van der Waals surface area contributed by atoms with Crippen molar-refractivity contribution < 1.29 is 23.8 Å². The number of ketones is 1. The maximum absolute atomic E-state index is 13.5. The van der Waals surface area contributed by atoms with Gasteiger partial charge >= 0.3 is 0 Å². The molecule has 0 radical (unpaired) electrons. The molecule has 2 heterocycles. The molecule has 0 fully saturated rings. The van der Waals surface area contributed by atoms with Crippen LogP contribution in [0.5, 0.6) is 5.75 Å². The lowest BCUT2D eigenvalue weighted by atomic mass is 9.95. The number of ether oxygens (including phenoxy) is 1. The summed E-state index contributed by atoms with van der Waals surface area (Å²) in [6.07, 6.45) is 0. The van der Waals surface area contributed by atoms with Gasteiger partial charge in [-0.25, -0.2) is 0 Å². The second-order valence-electron chi connectivity index (χ2n) is 7.72. The third-order valence-corrected chi connectivity index (χ3v) is 5.40. The zero-order chi connectivity index (χ0) is 22.1. The van der Waals surface area contributed by atoms with Gasteiger partial charge in [-0.1, -0.05) is 30.3 Å². The number of para-hydroxylation sites is 1. The fourth-order valence-corrected chi connectivity index (χ4v) is 3.81. The molecule has 1 amide bonds. The van der Waals surface area contributed by atoms with Crippen molar-refractivity contribution in [2.45, 2.75) is 6.04 Å². The molecule has 0 spiro atoms. The van der Waals surface area contributed by atoms with E-state index in [1.54, 1.807) is 37.4 Å². The minimum atomic E-state index is -0.747. The topological polar surface area (TPSA) is 83.2 Å². The van der Waals surface area contributed by atoms with Crippen LogP contribution >= 0.6 is 0 Å². The van der Waals surface area contributed by atoms with E-state index in [9.17, 15) is 14.7 Å². The largest absolute Gasteiger partial charge is 0.503 e. The molecule has 3 aromatic rings. The summed E-state index contributed by atoms with van der Waals surface area (Å²) in [7, 11) is 5.35. The van der Waals surface area contributed by atoms with Gasteiger partial charge in [0.25, 0.3) is 5.91 Å². The van der Waals surface area contributed by atoms with Crippen LogP contribution in [0.25, 0.3) is 11.0 Å². The smallest absolute Gasteiger partial charge is 0.290 e. The normalized spacial score (nSPS) is 16.6. The zero-order valence-electron chi connectivity index (χ0n) is 17.7. The van der Waals surface area contributed by atoms with Crippen molar-refractivity contribution in [2.24, 2.45) is 0 Å². The minimum absolute atomic E-state index is 0.0102. The predicted octanol–water partition coefficient (Wildman–Crippen LogP) is 3.58. The van der Waals surface area contributed by atoms with Crippen molar-refractivity contribution in [3.63, 3.8) is 0 Å². The number of fused-ring (bicyclic) bond motifs is 1. The number of nitrogens with zero attached hydrogens (tertiary/aromatic N) is 2. The summed E-state index contributed by atoms with van der Waals surface area (Å²) < 4.78 is 11.1. The average molecular weight is 420 g/mol. The molecule has 0 unspecified atom stereocenters. The summed E-state index contributed by atoms with van der Waals surface area (Å²) in [6, 6.07) is 15.3. The van der Waals surface area contributed by atoms with Crippen LogP contribution in [0.4, 0.5) is 0 Å². The number of hydrogen-bond donors (Lipinski definition) is 1. The molecule has 1 aliphatic heterocycles. The number of rotatable bonds is 7. The van der Waals surface area contributed by atoms with Gasteiger partial charge in [0.1, 0.15) is 11.3 Å². The second-order valence-corrected chi connectivity index (χ2v) is 7.72. The molecular weight excluding hydrogens is 396 g/mol. The first-order valence-electron chi connectivity index (χ1n) is 9.96. The fourth-order valence-electron chi connectivity index (χ4n) is 3.81. The van der Waals surface area contributed by atoms with Crippen LogP contribution in [0.3, 0.4) is 0 Å². The first-order valence-corrected chi connectivity index (χ1v) is 9.96. The molecule has 1 N–H and O–H groups in total. The van der Waals surface area contributed by atoms with Gasteiger partial charge in [0.15, 0.2) is 11.5 Å². The molecule has 1 aromatic heterocycles. The maximum atomic E-state index is 13.5. The number of aliphatic hydroxyl groups is 1. The molecule has 0 bridgehead atoms. The lowest BCUT2D eigenvalue weighted by Gasteiger charge is -2.28. The fraction of sp³-hybridized carbons (Fsp3) is 0.250. The van der Waals surface area contributed by atoms with Crippen LogP contribution < -0.4 is 4.74 Å². The number of likely N-dealkylation sites (N-methyl/N-ethyl adjacent to an activating group) is 1. The van der Waals surface area contributed by atoms with E-state index < -0.39 is 23.5 Å². The highest BCUT2D eigenvalue weighted by molar-refractivity contribution is 6.16. The van der Waals surface area contributed by atoms with Crippen molar-refractivity contribution in [2.75, 3.05) is 34.3 Å². The van der Waals surface area contributed by atoms with Crippen LogP contribution in [0.2, 0.25) is 0 Å². The van der Waals surface area contributed by atoms with Crippen molar-refractivity contribution in [3.05, 3.63) is 77.3 Å². The molecule has 1 aliphatic rings.